The number of amides is 3. The summed E-state index contributed by atoms with van der Waals surface area (Å²) >= 11 is 0. The van der Waals surface area contributed by atoms with E-state index in [1.807, 2.05) is 12.1 Å². The van der Waals surface area contributed by atoms with Gasteiger partial charge in [0.15, 0.2) is 6.10 Å². The van der Waals surface area contributed by atoms with E-state index in [-0.39, 0.29) is 6.61 Å². The molecule has 1 unspecified atom stereocenters. The highest BCUT2D eigenvalue weighted by molar-refractivity contribution is 6.02. The minimum Gasteiger partial charge on any atom is -0.464 e. The van der Waals surface area contributed by atoms with Crippen molar-refractivity contribution in [3.63, 3.8) is 0 Å². The number of anilines is 1. The van der Waals surface area contributed by atoms with Crippen molar-refractivity contribution in [3.8, 4) is 11.3 Å². The van der Waals surface area contributed by atoms with Gasteiger partial charge in [0.1, 0.15) is 5.76 Å². The predicted molar refractivity (Wildman–Crippen MR) is 81.9 cm³/mol. The molecule has 2 N–H and O–H groups in total. The second kappa shape index (κ2) is 7.08. The number of nitrogens with one attached hydrogen (secondary N) is 2. The Morgan fingerprint density at radius 2 is 2.04 bits per heavy atom. The maximum absolute atomic E-state index is 11.9. The van der Waals surface area contributed by atoms with E-state index in [9.17, 15) is 9.59 Å². The molecule has 7 nitrogen and oxygen atoms in total. The molecule has 1 aromatic carbocycles. The van der Waals surface area contributed by atoms with Crippen LogP contribution >= 0.6 is 0 Å². The quantitative estimate of drug-likeness (QED) is 0.904. The maximum Gasteiger partial charge on any atom is 0.325 e. The highest BCUT2D eigenvalue weighted by atomic mass is 16.6. The molecular formula is C16H16N2O5. The van der Waals surface area contributed by atoms with Crippen molar-refractivity contribution in [1.29, 1.82) is 0 Å². The summed E-state index contributed by atoms with van der Waals surface area (Å²) in [6, 6.07) is 10.1. The molecule has 1 aliphatic rings. The van der Waals surface area contributed by atoms with Gasteiger partial charge in [-0.2, -0.15) is 0 Å². The average Bonchev–Trinajstić information content (AvgIpc) is 3.10. The number of carbonyl (C=O) groups excluding carboxylic acids is 2. The van der Waals surface area contributed by atoms with E-state index < -0.39 is 18.0 Å². The molecule has 0 saturated carbocycles. The SMILES string of the molecule is O=C(NC(=O)C1COCCO1)Nc1cccc(-c2ccco2)c1. The van der Waals surface area contributed by atoms with Gasteiger partial charge in [0.2, 0.25) is 0 Å². The fourth-order valence-electron chi connectivity index (χ4n) is 2.19. The zero-order valence-corrected chi connectivity index (χ0v) is 12.3. The van der Waals surface area contributed by atoms with Crippen LogP contribution in [0.15, 0.2) is 47.1 Å². The number of urea groups is 1. The molecule has 2 heterocycles. The summed E-state index contributed by atoms with van der Waals surface area (Å²) in [5, 5.41) is 4.84. The number of hydrogen-bond acceptors (Lipinski definition) is 5. The average molecular weight is 316 g/mol. The first-order valence-electron chi connectivity index (χ1n) is 7.17. The molecule has 0 aliphatic carbocycles. The monoisotopic (exact) mass is 316 g/mol. The number of rotatable bonds is 3. The fraction of sp³-hybridized carbons (Fsp3) is 0.250. The van der Waals surface area contributed by atoms with Crippen molar-refractivity contribution < 1.29 is 23.5 Å². The zero-order valence-electron chi connectivity index (χ0n) is 12.3. The van der Waals surface area contributed by atoms with Gasteiger partial charge in [0, 0.05) is 11.3 Å². The van der Waals surface area contributed by atoms with Crippen molar-refractivity contribution >= 4 is 17.6 Å². The van der Waals surface area contributed by atoms with E-state index in [0.717, 1.165) is 5.56 Å². The van der Waals surface area contributed by atoms with Gasteiger partial charge < -0.3 is 19.2 Å². The number of benzene rings is 1. The lowest BCUT2D eigenvalue weighted by molar-refractivity contribution is -0.146. The van der Waals surface area contributed by atoms with Gasteiger partial charge in [0.05, 0.1) is 26.1 Å². The Labute approximate surface area is 132 Å². The van der Waals surface area contributed by atoms with Crippen LogP contribution in [0.5, 0.6) is 0 Å². The molecule has 3 rings (SSSR count). The van der Waals surface area contributed by atoms with Gasteiger partial charge in [-0.3, -0.25) is 10.1 Å². The maximum atomic E-state index is 11.9. The van der Waals surface area contributed by atoms with Gasteiger partial charge in [-0.15, -0.1) is 0 Å². The van der Waals surface area contributed by atoms with Crippen LogP contribution in [0, 0.1) is 0 Å². The van der Waals surface area contributed by atoms with Crippen LogP contribution in [0.2, 0.25) is 0 Å². The smallest absolute Gasteiger partial charge is 0.325 e. The predicted octanol–water partition coefficient (Wildman–Crippen LogP) is 2.01. The van der Waals surface area contributed by atoms with Crippen LogP contribution in [-0.2, 0) is 14.3 Å². The minimum absolute atomic E-state index is 0.146. The molecule has 1 saturated heterocycles. The second-order valence-electron chi connectivity index (χ2n) is 4.94. The lowest BCUT2D eigenvalue weighted by Gasteiger charge is -2.21. The summed E-state index contributed by atoms with van der Waals surface area (Å²) < 4.78 is 15.7. The van der Waals surface area contributed by atoms with Gasteiger partial charge in [-0.1, -0.05) is 12.1 Å². The Hall–Kier alpha value is -2.64. The Balaban J connectivity index is 1.59. The number of imide groups is 1. The first kappa shape index (κ1) is 15.3. The summed E-state index contributed by atoms with van der Waals surface area (Å²) in [7, 11) is 0. The van der Waals surface area contributed by atoms with Crippen LogP contribution in [0.1, 0.15) is 0 Å². The highest BCUT2D eigenvalue weighted by Crippen LogP contribution is 2.22. The lowest BCUT2D eigenvalue weighted by atomic mass is 10.1. The molecule has 7 heteroatoms. The topological polar surface area (TPSA) is 89.8 Å². The van der Waals surface area contributed by atoms with Crippen LogP contribution in [-0.4, -0.2) is 37.9 Å². The van der Waals surface area contributed by atoms with E-state index >= 15 is 0 Å². The number of furan rings is 1. The number of hydrogen-bond donors (Lipinski definition) is 2. The molecule has 1 aliphatic heterocycles. The second-order valence-corrected chi connectivity index (χ2v) is 4.94. The van der Waals surface area contributed by atoms with Crippen molar-refractivity contribution in [2.75, 3.05) is 25.1 Å². The molecule has 23 heavy (non-hydrogen) atoms. The molecule has 0 radical (unpaired) electrons. The molecule has 0 spiro atoms. The first-order chi connectivity index (χ1) is 11.2. The van der Waals surface area contributed by atoms with E-state index in [0.29, 0.717) is 24.7 Å². The van der Waals surface area contributed by atoms with Crippen LogP contribution in [0.4, 0.5) is 10.5 Å². The van der Waals surface area contributed by atoms with Crippen molar-refractivity contribution in [3.05, 3.63) is 42.7 Å². The number of carbonyl (C=O) groups is 2. The van der Waals surface area contributed by atoms with Gasteiger partial charge in [-0.25, -0.2) is 4.79 Å². The molecule has 2 aromatic rings. The van der Waals surface area contributed by atoms with E-state index in [2.05, 4.69) is 10.6 Å². The van der Waals surface area contributed by atoms with E-state index in [1.165, 1.54) is 0 Å². The van der Waals surface area contributed by atoms with Crippen molar-refractivity contribution in [2.45, 2.75) is 6.10 Å². The minimum atomic E-state index is -0.760. The summed E-state index contributed by atoms with van der Waals surface area (Å²) in [6.45, 7) is 0.938. The molecule has 1 atom stereocenters. The molecular weight excluding hydrogens is 300 g/mol. The summed E-state index contributed by atoms with van der Waals surface area (Å²) in [6.07, 6.45) is 0.816. The largest absolute Gasteiger partial charge is 0.464 e. The summed E-state index contributed by atoms with van der Waals surface area (Å²) in [5.41, 5.74) is 1.37. The molecule has 120 valence electrons. The van der Waals surface area contributed by atoms with Gasteiger partial charge in [0.25, 0.3) is 5.91 Å². The first-order valence-corrected chi connectivity index (χ1v) is 7.17. The molecule has 0 bridgehead atoms. The standard InChI is InChI=1S/C16H16N2O5/c19-15(14-10-21-7-8-23-14)18-16(20)17-12-4-1-3-11(9-12)13-5-2-6-22-13/h1-6,9,14H,7-8,10H2,(H2,17,18,19,20). The van der Waals surface area contributed by atoms with Crippen LogP contribution < -0.4 is 10.6 Å². The van der Waals surface area contributed by atoms with Gasteiger partial charge in [-0.05, 0) is 24.3 Å². The third-order valence-electron chi connectivity index (χ3n) is 3.27. The van der Waals surface area contributed by atoms with Crippen molar-refractivity contribution in [1.82, 2.24) is 5.32 Å². The van der Waals surface area contributed by atoms with Crippen LogP contribution in [0.25, 0.3) is 11.3 Å². The van der Waals surface area contributed by atoms with E-state index in [4.69, 9.17) is 13.9 Å². The fourth-order valence-corrected chi connectivity index (χ4v) is 2.19. The Bertz CT molecular complexity index is 678. The Morgan fingerprint density at radius 3 is 2.78 bits per heavy atom. The zero-order chi connectivity index (χ0) is 16.1. The van der Waals surface area contributed by atoms with Crippen LogP contribution in [0.3, 0.4) is 0 Å². The summed E-state index contributed by atoms with van der Waals surface area (Å²) in [5.74, 6) is 0.169. The normalized spacial score (nSPS) is 17.5. The highest BCUT2D eigenvalue weighted by Gasteiger charge is 2.24. The van der Waals surface area contributed by atoms with Gasteiger partial charge >= 0.3 is 6.03 Å². The number of ether oxygens (including phenoxy) is 2. The third-order valence-corrected chi connectivity index (χ3v) is 3.27. The van der Waals surface area contributed by atoms with E-state index in [1.54, 1.807) is 30.5 Å². The lowest BCUT2D eigenvalue weighted by Crippen LogP contribution is -2.46. The molecule has 1 fully saturated rings. The molecule has 1 aromatic heterocycles. The summed E-state index contributed by atoms with van der Waals surface area (Å²) in [4.78, 5) is 23.8. The Kier molecular flexibility index (Phi) is 4.70. The Morgan fingerprint density at radius 1 is 1.13 bits per heavy atom. The van der Waals surface area contributed by atoms with Crippen molar-refractivity contribution in [2.24, 2.45) is 0 Å². The molecule has 3 amide bonds. The third kappa shape index (κ3) is 3.97.